The van der Waals surface area contributed by atoms with Gasteiger partial charge in [0.2, 0.25) is 5.91 Å². The fourth-order valence-electron chi connectivity index (χ4n) is 1.92. The number of aliphatic carboxylic acids is 1. The summed E-state index contributed by atoms with van der Waals surface area (Å²) in [5, 5.41) is 11.1. The third kappa shape index (κ3) is 5.65. The molecule has 1 heterocycles. The molecule has 17 heavy (non-hydrogen) atoms. The largest absolute Gasteiger partial charge is 0.480 e. The minimum atomic E-state index is -1.06. The molecule has 0 aromatic rings. The lowest BCUT2D eigenvalue weighted by Gasteiger charge is -2.32. The zero-order valence-electron chi connectivity index (χ0n) is 10.1. The number of hydrogen-bond acceptors (Lipinski definition) is 4. The summed E-state index contributed by atoms with van der Waals surface area (Å²) < 4.78 is 4.70. The van der Waals surface area contributed by atoms with Gasteiger partial charge in [0.25, 0.3) is 0 Å². The minimum Gasteiger partial charge on any atom is -0.480 e. The van der Waals surface area contributed by atoms with Gasteiger partial charge in [0.1, 0.15) is 13.2 Å². The van der Waals surface area contributed by atoms with Crippen LogP contribution in [-0.4, -0.2) is 61.3 Å². The van der Waals surface area contributed by atoms with Crippen LogP contribution in [0.5, 0.6) is 0 Å². The Morgan fingerprint density at radius 1 is 1.41 bits per heavy atom. The molecule has 0 bridgehead atoms. The number of piperidine rings is 1. The highest BCUT2D eigenvalue weighted by Crippen LogP contribution is 2.13. The van der Waals surface area contributed by atoms with Crippen molar-refractivity contribution >= 4 is 11.9 Å². The van der Waals surface area contributed by atoms with E-state index in [9.17, 15) is 9.59 Å². The van der Waals surface area contributed by atoms with Crippen LogP contribution in [0.25, 0.3) is 0 Å². The van der Waals surface area contributed by atoms with Gasteiger partial charge >= 0.3 is 5.97 Å². The molecule has 1 aliphatic heterocycles. The average Bonchev–Trinajstić information content (AvgIpc) is 2.27. The lowest BCUT2D eigenvalue weighted by molar-refractivity contribution is -0.143. The van der Waals surface area contributed by atoms with Gasteiger partial charge < -0.3 is 20.1 Å². The molecule has 1 unspecified atom stereocenters. The van der Waals surface area contributed by atoms with Crippen LogP contribution in [0.1, 0.15) is 19.3 Å². The smallest absolute Gasteiger partial charge is 0.329 e. The number of nitrogens with one attached hydrogen (secondary N) is 1. The Kier molecular flexibility index (Phi) is 5.93. The average molecular weight is 244 g/mol. The highest BCUT2D eigenvalue weighted by Gasteiger charge is 2.19. The maximum Gasteiger partial charge on any atom is 0.329 e. The normalized spacial score (nSPS) is 21.1. The Labute approximate surface area is 101 Å². The minimum absolute atomic E-state index is 0.192. The van der Waals surface area contributed by atoms with Crippen molar-refractivity contribution in [3.63, 3.8) is 0 Å². The molecule has 6 heteroatoms. The molecule has 0 aromatic carbocycles. The van der Waals surface area contributed by atoms with E-state index >= 15 is 0 Å². The summed E-state index contributed by atoms with van der Waals surface area (Å²) in [6.07, 6.45) is 3.50. The lowest BCUT2D eigenvalue weighted by Crippen LogP contribution is -2.45. The zero-order chi connectivity index (χ0) is 12.7. The highest BCUT2D eigenvalue weighted by molar-refractivity contribution is 5.77. The van der Waals surface area contributed by atoms with Crippen molar-refractivity contribution in [2.75, 3.05) is 33.4 Å². The standard InChI is InChI=1S/C11H20N2O4/c1-13-5-3-2-4-9(13)6-12-10(14)7-17-8-11(15)16/h9H,2-8H2,1H3,(H,12,14)(H,15,16). The van der Waals surface area contributed by atoms with Crippen LogP contribution in [0.4, 0.5) is 0 Å². The summed E-state index contributed by atoms with van der Waals surface area (Å²) in [6, 6.07) is 0.382. The predicted molar refractivity (Wildman–Crippen MR) is 61.7 cm³/mol. The van der Waals surface area contributed by atoms with E-state index < -0.39 is 12.6 Å². The molecule has 1 amide bonds. The second kappa shape index (κ2) is 7.24. The number of hydrogen-bond donors (Lipinski definition) is 2. The van der Waals surface area contributed by atoms with Crippen molar-refractivity contribution < 1.29 is 19.4 Å². The molecule has 0 aromatic heterocycles. The van der Waals surface area contributed by atoms with Gasteiger partial charge in [-0.1, -0.05) is 6.42 Å². The predicted octanol–water partition coefficient (Wildman–Crippen LogP) is -0.312. The number of carbonyl (C=O) groups is 2. The van der Waals surface area contributed by atoms with Gasteiger partial charge in [-0.3, -0.25) is 4.79 Å². The first-order chi connectivity index (χ1) is 8.09. The number of amides is 1. The molecule has 98 valence electrons. The number of carboxylic acids is 1. The molecule has 1 fully saturated rings. The number of nitrogens with zero attached hydrogens (tertiary/aromatic N) is 1. The Morgan fingerprint density at radius 2 is 2.18 bits per heavy atom. The summed E-state index contributed by atoms with van der Waals surface area (Å²) in [7, 11) is 2.05. The van der Waals surface area contributed by atoms with E-state index in [1.807, 2.05) is 0 Å². The summed E-state index contributed by atoms with van der Waals surface area (Å²) in [5.41, 5.74) is 0. The van der Waals surface area contributed by atoms with Crippen molar-refractivity contribution in [3.05, 3.63) is 0 Å². The van der Waals surface area contributed by atoms with Crippen LogP contribution in [0.2, 0.25) is 0 Å². The van der Waals surface area contributed by atoms with Crippen LogP contribution < -0.4 is 5.32 Å². The van der Waals surface area contributed by atoms with Crippen molar-refractivity contribution in [2.24, 2.45) is 0 Å². The van der Waals surface area contributed by atoms with E-state index in [2.05, 4.69) is 17.3 Å². The summed E-state index contributed by atoms with van der Waals surface area (Å²) in [6.45, 7) is 1.04. The van der Waals surface area contributed by atoms with Gasteiger partial charge in [-0.05, 0) is 26.4 Å². The zero-order valence-corrected chi connectivity index (χ0v) is 10.1. The van der Waals surface area contributed by atoms with Crippen molar-refractivity contribution in [3.8, 4) is 0 Å². The van der Waals surface area contributed by atoms with Crippen molar-refractivity contribution in [1.82, 2.24) is 10.2 Å². The van der Waals surface area contributed by atoms with Gasteiger partial charge in [-0.25, -0.2) is 4.79 Å². The van der Waals surface area contributed by atoms with Crippen LogP contribution in [0.15, 0.2) is 0 Å². The molecular formula is C11H20N2O4. The fraction of sp³-hybridized carbons (Fsp3) is 0.818. The van der Waals surface area contributed by atoms with Crippen LogP contribution >= 0.6 is 0 Å². The quantitative estimate of drug-likeness (QED) is 0.670. The van der Waals surface area contributed by atoms with Gasteiger partial charge in [0, 0.05) is 12.6 Å². The molecule has 6 nitrogen and oxygen atoms in total. The summed E-state index contributed by atoms with van der Waals surface area (Å²) >= 11 is 0. The molecule has 0 saturated carbocycles. The molecule has 1 atom stereocenters. The molecule has 1 saturated heterocycles. The van der Waals surface area contributed by atoms with E-state index in [0.29, 0.717) is 12.6 Å². The van der Waals surface area contributed by atoms with E-state index in [4.69, 9.17) is 9.84 Å². The second-order valence-corrected chi connectivity index (χ2v) is 4.32. The Bertz CT molecular complexity index is 270. The van der Waals surface area contributed by atoms with Crippen LogP contribution in [0, 0.1) is 0 Å². The number of rotatable bonds is 6. The SMILES string of the molecule is CN1CCCCC1CNC(=O)COCC(=O)O. The fourth-order valence-corrected chi connectivity index (χ4v) is 1.92. The second-order valence-electron chi connectivity index (χ2n) is 4.32. The first-order valence-electron chi connectivity index (χ1n) is 5.86. The Hall–Kier alpha value is -1.14. The molecular weight excluding hydrogens is 224 g/mol. The number of likely N-dealkylation sites (N-methyl/N-ethyl adjacent to an activating group) is 1. The summed E-state index contributed by atoms with van der Waals surface area (Å²) in [4.78, 5) is 23.7. The number of carbonyl (C=O) groups excluding carboxylic acids is 1. The number of likely N-dealkylation sites (tertiary alicyclic amines) is 1. The molecule has 1 aliphatic rings. The molecule has 0 radical (unpaired) electrons. The van der Waals surface area contributed by atoms with E-state index in [1.165, 1.54) is 12.8 Å². The molecule has 2 N–H and O–H groups in total. The third-order valence-electron chi connectivity index (χ3n) is 2.92. The maximum atomic E-state index is 11.3. The van der Waals surface area contributed by atoms with Gasteiger partial charge in [-0.2, -0.15) is 0 Å². The highest BCUT2D eigenvalue weighted by atomic mass is 16.5. The van der Waals surface area contributed by atoms with Gasteiger partial charge in [0.05, 0.1) is 0 Å². The third-order valence-corrected chi connectivity index (χ3v) is 2.92. The van der Waals surface area contributed by atoms with E-state index in [-0.39, 0.29) is 12.5 Å². The van der Waals surface area contributed by atoms with Gasteiger partial charge in [-0.15, -0.1) is 0 Å². The molecule has 1 rings (SSSR count). The van der Waals surface area contributed by atoms with Crippen molar-refractivity contribution in [1.29, 1.82) is 0 Å². The number of ether oxygens (including phenoxy) is 1. The van der Waals surface area contributed by atoms with Crippen molar-refractivity contribution in [2.45, 2.75) is 25.3 Å². The first-order valence-corrected chi connectivity index (χ1v) is 5.86. The Morgan fingerprint density at radius 3 is 2.82 bits per heavy atom. The first kappa shape index (κ1) is 13.9. The monoisotopic (exact) mass is 244 g/mol. The van der Waals surface area contributed by atoms with E-state index in [1.54, 1.807) is 0 Å². The lowest BCUT2D eigenvalue weighted by atomic mass is 10.0. The topological polar surface area (TPSA) is 78.9 Å². The number of carboxylic acid groups (broad SMARTS) is 1. The molecule has 0 spiro atoms. The Balaban J connectivity index is 2.12. The van der Waals surface area contributed by atoms with Crippen LogP contribution in [-0.2, 0) is 14.3 Å². The molecule has 0 aliphatic carbocycles. The van der Waals surface area contributed by atoms with Crippen LogP contribution in [0.3, 0.4) is 0 Å². The van der Waals surface area contributed by atoms with E-state index in [0.717, 1.165) is 13.0 Å². The van der Waals surface area contributed by atoms with Gasteiger partial charge in [0.15, 0.2) is 0 Å². The maximum absolute atomic E-state index is 11.3. The summed E-state index contributed by atoms with van der Waals surface area (Å²) in [5.74, 6) is -1.32.